The van der Waals surface area contributed by atoms with Crippen LogP contribution < -0.4 is 14.4 Å². The lowest BCUT2D eigenvalue weighted by Crippen LogP contribution is -2.59. The van der Waals surface area contributed by atoms with Gasteiger partial charge in [0, 0.05) is 62.7 Å². The van der Waals surface area contributed by atoms with Crippen molar-refractivity contribution >= 4 is 33.4 Å². The minimum atomic E-state index is -0.827. The van der Waals surface area contributed by atoms with Crippen molar-refractivity contribution in [3.05, 3.63) is 59.4 Å². The second-order valence-electron chi connectivity index (χ2n) is 16.3. The smallest absolute Gasteiger partial charge is 0.319 e. The molecule has 1 saturated heterocycles. The molecule has 5 aromatic rings. The fourth-order valence-corrected chi connectivity index (χ4v) is 9.84. The maximum atomic E-state index is 17.4. The summed E-state index contributed by atoms with van der Waals surface area (Å²) in [6, 6.07) is 9.85. The van der Waals surface area contributed by atoms with Crippen molar-refractivity contribution in [3.8, 4) is 28.9 Å². The molecule has 2 atom stereocenters. The highest BCUT2D eigenvalue weighted by atomic mass is 19.1. The van der Waals surface area contributed by atoms with Gasteiger partial charge in [0.25, 0.3) is 5.91 Å². The van der Waals surface area contributed by atoms with E-state index in [1.54, 1.807) is 33.3 Å². The fraction of sp³-hybridized carbons (Fsp3) is 0.500. The lowest BCUT2D eigenvalue weighted by atomic mass is 9.73. The van der Waals surface area contributed by atoms with E-state index >= 15 is 8.78 Å². The molecule has 2 aliphatic carbocycles. The number of aromatic hydroxyl groups is 1. The zero-order valence-corrected chi connectivity index (χ0v) is 32.8. The Balaban J connectivity index is 1.16. The molecule has 300 valence electrons. The number of ether oxygens (including phenoxy) is 3. The van der Waals surface area contributed by atoms with Crippen LogP contribution in [0.2, 0.25) is 0 Å². The number of amides is 1. The average molecular weight is 783 g/mol. The van der Waals surface area contributed by atoms with Crippen LogP contribution in [-0.2, 0) is 17.8 Å². The molecule has 2 aliphatic heterocycles. The van der Waals surface area contributed by atoms with Crippen LogP contribution in [0.5, 0.6) is 17.6 Å². The first-order valence-electron chi connectivity index (χ1n) is 19.9. The number of carbonyl (C=O) groups excluding carboxylic acids is 1. The number of fused-ring (bicyclic) bond motifs is 4. The lowest BCUT2D eigenvalue weighted by Gasteiger charge is -2.53. The van der Waals surface area contributed by atoms with Gasteiger partial charge < -0.3 is 29.1 Å². The van der Waals surface area contributed by atoms with Crippen LogP contribution in [0.15, 0.2) is 36.4 Å². The highest BCUT2D eigenvalue weighted by Crippen LogP contribution is 2.50. The molecule has 9 rings (SSSR count). The third-order valence-corrected chi connectivity index (χ3v) is 12.7. The van der Waals surface area contributed by atoms with E-state index in [1.807, 2.05) is 9.58 Å². The maximum absolute atomic E-state index is 17.4. The largest absolute Gasteiger partial charge is 0.508 e. The van der Waals surface area contributed by atoms with Gasteiger partial charge >= 0.3 is 6.01 Å². The summed E-state index contributed by atoms with van der Waals surface area (Å²) in [5.74, 6) is -1.40. The summed E-state index contributed by atoms with van der Waals surface area (Å²) in [5.41, 5.74) is 0.754. The number of rotatable bonds is 9. The molecule has 1 N–H and O–H groups in total. The molecule has 3 fully saturated rings. The Kier molecular flexibility index (Phi) is 9.62. The van der Waals surface area contributed by atoms with E-state index in [2.05, 4.69) is 15.0 Å². The van der Waals surface area contributed by atoms with E-state index in [9.17, 15) is 9.90 Å². The molecule has 0 radical (unpaired) electrons. The number of carbonyl (C=O) groups is 1. The van der Waals surface area contributed by atoms with Crippen molar-refractivity contribution < 1.29 is 32.9 Å². The third kappa shape index (κ3) is 6.48. The molecule has 13 nitrogen and oxygen atoms in total. The Hall–Kier alpha value is -5.15. The topological polar surface area (TPSA) is 131 Å². The van der Waals surface area contributed by atoms with Gasteiger partial charge in [0.2, 0.25) is 5.88 Å². The lowest BCUT2D eigenvalue weighted by molar-refractivity contribution is -0.0845. The number of likely N-dealkylation sites (tertiary alicyclic amines) is 1. The third-order valence-electron chi connectivity index (χ3n) is 12.7. The normalized spacial score (nSPS) is 23.5. The predicted octanol–water partition coefficient (Wildman–Crippen LogP) is 6.34. The Morgan fingerprint density at radius 3 is 2.61 bits per heavy atom. The molecule has 3 aromatic heterocycles. The molecule has 2 aromatic carbocycles. The minimum absolute atomic E-state index is 0.0176. The van der Waals surface area contributed by atoms with E-state index in [0.717, 1.165) is 57.2 Å². The summed E-state index contributed by atoms with van der Waals surface area (Å²) < 4.78 is 52.8. The number of phenols is 1. The van der Waals surface area contributed by atoms with Crippen molar-refractivity contribution in [3.63, 3.8) is 0 Å². The van der Waals surface area contributed by atoms with Crippen LogP contribution in [0, 0.1) is 17.0 Å². The van der Waals surface area contributed by atoms with Gasteiger partial charge in [-0.1, -0.05) is 18.6 Å². The van der Waals surface area contributed by atoms with Gasteiger partial charge in [0.1, 0.15) is 34.0 Å². The van der Waals surface area contributed by atoms with Crippen molar-refractivity contribution in [1.82, 2.24) is 34.5 Å². The van der Waals surface area contributed by atoms with Gasteiger partial charge in [-0.2, -0.15) is 15.1 Å². The number of hydrogen-bond acceptors (Lipinski definition) is 11. The number of anilines is 1. The van der Waals surface area contributed by atoms with Crippen LogP contribution in [0.4, 0.5) is 14.6 Å². The van der Waals surface area contributed by atoms with E-state index < -0.39 is 11.6 Å². The number of benzene rings is 2. The van der Waals surface area contributed by atoms with Crippen LogP contribution >= 0.6 is 0 Å². The molecule has 4 aliphatic rings. The summed E-state index contributed by atoms with van der Waals surface area (Å²) in [6.45, 7) is 2.82. The summed E-state index contributed by atoms with van der Waals surface area (Å²) >= 11 is 0. The average Bonchev–Trinajstić information content (AvgIpc) is 3.75. The highest BCUT2D eigenvalue weighted by molar-refractivity contribution is 6.02. The zero-order chi connectivity index (χ0) is 39.6. The summed E-state index contributed by atoms with van der Waals surface area (Å²) in [5, 5.41) is 16.0. The number of aryl methyl sites for hydroxylation is 1. The number of halogens is 2. The molecule has 15 heteroatoms. The monoisotopic (exact) mass is 782 g/mol. The Morgan fingerprint density at radius 2 is 1.82 bits per heavy atom. The van der Waals surface area contributed by atoms with Crippen molar-refractivity contribution in [2.45, 2.75) is 82.6 Å². The number of nitrogens with zero attached hydrogens (tertiary/aromatic N) is 8. The molecule has 2 saturated carbocycles. The summed E-state index contributed by atoms with van der Waals surface area (Å²) in [7, 11) is 6.59. The summed E-state index contributed by atoms with van der Waals surface area (Å²) in [4.78, 5) is 33.4. The molecular weight excluding hydrogens is 735 g/mol. The Labute approximate surface area is 329 Å². The molecule has 2 unspecified atom stereocenters. The quantitative estimate of drug-likeness (QED) is 0.180. The maximum Gasteiger partial charge on any atom is 0.319 e. The zero-order valence-electron chi connectivity index (χ0n) is 32.8. The standard InChI is InChI=1S/C42H48F2N8O5/c1-49(2)40(54)31-20-26-22-50(14-8-16-52(26)48-31)38-34-37(35(44)36(45-39(34)56-4)29-21-27(53)17-24-9-5-10-30(43)33(24)29)46-41(47-38)57-23-42-12-6-11-32(42)51(15-7-13-42)25-18-28(19-25)55-3/h5,9-10,17,20-21,25,28,32,53H,6-8,11-16,18-19,22-23H2,1-4H3. The van der Waals surface area contributed by atoms with Gasteiger partial charge in [-0.3, -0.25) is 14.4 Å². The number of phenolic OH excluding ortho intramolecular Hbond substituents is 1. The van der Waals surface area contributed by atoms with E-state index in [0.29, 0.717) is 67.7 Å². The molecule has 57 heavy (non-hydrogen) atoms. The predicted molar refractivity (Wildman–Crippen MR) is 210 cm³/mol. The highest BCUT2D eigenvalue weighted by Gasteiger charge is 2.52. The number of hydrogen-bond donors (Lipinski definition) is 1. The Morgan fingerprint density at radius 1 is 1.00 bits per heavy atom. The van der Waals surface area contributed by atoms with E-state index in [4.69, 9.17) is 24.2 Å². The van der Waals surface area contributed by atoms with Crippen LogP contribution in [-0.4, -0.2) is 112 Å². The second kappa shape index (κ2) is 14.7. The van der Waals surface area contributed by atoms with Crippen molar-refractivity contribution in [2.24, 2.45) is 5.41 Å². The number of methoxy groups -OCH3 is 2. The van der Waals surface area contributed by atoms with Gasteiger partial charge in [-0.05, 0) is 81.1 Å². The molecule has 0 spiro atoms. The molecule has 5 heterocycles. The SMILES string of the molecule is COc1nc(-c2cc(O)cc3cccc(F)c23)c(F)c2nc(OCC34CCCC3N(C3CC(OC)C3)CCC4)nc(N3CCCn4nc(C(=O)N(C)C)cc4C3)c12. The minimum Gasteiger partial charge on any atom is -0.508 e. The number of aromatic nitrogens is 5. The van der Waals surface area contributed by atoms with Gasteiger partial charge in [0.15, 0.2) is 11.5 Å². The first kappa shape index (κ1) is 37.4. The van der Waals surface area contributed by atoms with E-state index in [1.165, 1.54) is 36.3 Å². The fourth-order valence-electron chi connectivity index (χ4n) is 9.84. The van der Waals surface area contributed by atoms with E-state index in [-0.39, 0.29) is 56.5 Å². The van der Waals surface area contributed by atoms with Gasteiger partial charge in [-0.15, -0.1) is 0 Å². The van der Waals surface area contributed by atoms with Crippen molar-refractivity contribution in [2.75, 3.05) is 52.9 Å². The second-order valence-corrected chi connectivity index (χ2v) is 16.3. The first-order chi connectivity index (χ1) is 27.6. The first-order valence-corrected chi connectivity index (χ1v) is 19.9. The molecule has 1 amide bonds. The van der Waals surface area contributed by atoms with Gasteiger partial charge in [0.05, 0.1) is 32.1 Å². The summed E-state index contributed by atoms with van der Waals surface area (Å²) in [6.07, 6.45) is 8.34. The van der Waals surface area contributed by atoms with Crippen LogP contribution in [0.25, 0.3) is 32.9 Å². The molecular formula is C42H48F2N8O5. The van der Waals surface area contributed by atoms with Crippen molar-refractivity contribution in [1.29, 1.82) is 0 Å². The number of pyridine rings is 1. The Bertz CT molecular complexity index is 2370. The van der Waals surface area contributed by atoms with Crippen LogP contribution in [0.1, 0.15) is 67.5 Å². The van der Waals surface area contributed by atoms with Gasteiger partial charge in [-0.25, -0.2) is 13.8 Å². The van der Waals surface area contributed by atoms with Crippen LogP contribution in [0.3, 0.4) is 0 Å². The molecule has 0 bridgehead atoms. The number of piperidine rings is 1.